The molecule has 1 saturated heterocycles. The van der Waals surface area contributed by atoms with Crippen molar-refractivity contribution in [3.8, 4) is 0 Å². The molecule has 0 amide bonds. The smallest absolute Gasteiger partial charge is 0.0343 e. The second-order valence-corrected chi connectivity index (χ2v) is 5.41. The lowest BCUT2D eigenvalue weighted by Gasteiger charge is -2.24. The van der Waals surface area contributed by atoms with Crippen LogP contribution in [0.25, 0.3) is 0 Å². The number of nitrogens with one attached hydrogen (secondary N) is 1. The van der Waals surface area contributed by atoms with Crippen LogP contribution in [0.2, 0.25) is 0 Å². The lowest BCUT2D eigenvalue weighted by atomic mass is 10.1. The third kappa shape index (κ3) is 4.69. The zero-order chi connectivity index (χ0) is 12.6. The van der Waals surface area contributed by atoms with Gasteiger partial charge >= 0.3 is 0 Å². The van der Waals surface area contributed by atoms with Gasteiger partial charge in [0.05, 0.1) is 0 Å². The Morgan fingerprint density at radius 1 is 1.06 bits per heavy atom. The molecular formula is C16H26N2. The fraction of sp³-hybridized carbons (Fsp3) is 0.625. The van der Waals surface area contributed by atoms with Gasteiger partial charge in [-0.1, -0.05) is 31.4 Å². The number of hydrogen-bond acceptors (Lipinski definition) is 2. The van der Waals surface area contributed by atoms with E-state index < -0.39 is 0 Å². The molecule has 100 valence electrons. The Balaban J connectivity index is 1.70. The standard InChI is InChI=1S/C16H26N2/c1-15-8-7-9-16(14-15)17-10-13-18-11-5-3-2-4-6-12-18/h7-9,14,17H,2-6,10-13H2,1H3. The maximum atomic E-state index is 3.53. The highest BCUT2D eigenvalue weighted by Gasteiger charge is 2.07. The quantitative estimate of drug-likeness (QED) is 0.872. The van der Waals surface area contributed by atoms with Gasteiger partial charge in [-0.05, 0) is 50.6 Å². The van der Waals surface area contributed by atoms with E-state index in [1.54, 1.807) is 0 Å². The summed E-state index contributed by atoms with van der Waals surface area (Å²) in [6, 6.07) is 8.63. The SMILES string of the molecule is Cc1cccc(NCCN2CCCCCCC2)c1. The maximum absolute atomic E-state index is 3.53. The third-order valence-electron chi connectivity index (χ3n) is 3.72. The molecule has 0 radical (unpaired) electrons. The Morgan fingerprint density at radius 2 is 1.78 bits per heavy atom. The molecule has 2 nitrogen and oxygen atoms in total. The van der Waals surface area contributed by atoms with Gasteiger partial charge in [0.1, 0.15) is 0 Å². The summed E-state index contributed by atoms with van der Waals surface area (Å²) < 4.78 is 0. The van der Waals surface area contributed by atoms with Crippen LogP contribution in [0.3, 0.4) is 0 Å². The molecule has 1 heterocycles. The predicted octanol–water partition coefficient (Wildman–Crippen LogP) is 3.67. The van der Waals surface area contributed by atoms with Gasteiger partial charge in [-0.25, -0.2) is 0 Å². The number of nitrogens with zero attached hydrogens (tertiary/aromatic N) is 1. The van der Waals surface area contributed by atoms with Gasteiger partial charge in [0.25, 0.3) is 0 Å². The van der Waals surface area contributed by atoms with Crippen molar-refractivity contribution in [3.05, 3.63) is 29.8 Å². The topological polar surface area (TPSA) is 15.3 Å². The van der Waals surface area contributed by atoms with E-state index in [0.29, 0.717) is 0 Å². The molecule has 0 aliphatic carbocycles. The van der Waals surface area contributed by atoms with Crippen LogP contribution in [0.4, 0.5) is 5.69 Å². The zero-order valence-electron chi connectivity index (χ0n) is 11.6. The molecule has 0 unspecified atom stereocenters. The molecular weight excluding hydrogens is 220 g/mol. The van der Waals surface area contributed by atoms with Crippen molar-refractivity contribution >= 4 is 5.69 Å². The van der Waals surface area contributed by atoms with E-state index in [-0.39, 0.29) is 0 Å². The van der Waals surface area contributed by atoms with Crippen LogP contribution >= 0.6 is 0 Å². The minimum Gasteiger partial charge on any atom is -0.384 e. The van der Waals surface area contributed by atoms with Crippen LogP contribution in [-0.2, 0) is 0 Å². The molecule has 0 spiro atoms. The van der Waals surface area contributed by atoms with Crippen molar-refractivity contribution in [2.45, 2.75) is 39.0 Å². The van der Waals surface area contributed by atoms with E-state index in [0.717, 1.165) is 6.54 Å². The Bertz CT molecular complexity index is 341. The summed E-state index contributed by atoms with van der Waals surface area (Å²) >= 11 is 0. The van der Waals surface area contributed by atoms with E-state index in [4.69, 9.17) is 0 Å². The Labute approximate surface area is 111 Å². The molecule has 2 rings (SSSR count). The van der Waals surface area contributed by atoms with Gasteiger partial charge in [0.15, 0.2) is 0 Å². The first-order valence-corrected chi connectivity index (χ1v) is 7.37. The number of benzene rings is 1. The third-order valence-corrected chi connectivity index (χ3v) is 3.72. The Kier molecular flexibility index (Phi) is 5.53. The zero-order valence-corrected chi connectivity index (χ0v) is 11.6. The van der Waals surface area contributed by atoms with E-state index in [2.05, 4.69) is 41.4 Å². The first-order valence-electron chi connectivity index (χ1n) is 7.37. The first kappa shape index (κ1) is 13.4. The minimum atomic E-state index is 1.06. The van der Waals surface area contributed by atoms with E-state index in [9.17, 15) is 0 Å². The van der Waals surface area contributed by atoms with Gasteiger partial charge in [-0.2, -0.15) is 0 Å². The second-order valence-electron chi connectivity index (χ2n) is 5.41. The highest BCUT2D eigenvalue weighted by molar-refractivity contribution is 5.45. The normalized spacial score (nSPS) is 18.1. The van der Waals surface area contributed by atoms with E-state index in [1.165, 1.54) is 63.0 Å². The summed E-state index contributed by atoms with van der Waals surface area (Å²) in [5.74, 6) is 0. The number of aryl methyl sites for hydroxylation is 1. The van der Waals surface area contributed by atoms with Gasteiger partial charge in [-0.3, -0.25) is 0 Å². The summed E-state index contributed by atoms with van der Waals surface area (Å²) in [5, 5.41) is 3.53. The average molecular weight is 246 g/mol. The minimum absolute atomic E-state index is 1.06. The predicted molar refractivity (Wildman–Crippen MR) is 79.2 cm³/mol. The monoisotopic (exact) mass is 246 g/mol. The van der Waals surface area contributed by atoms with Crippen LogP contribution in [0.1, 0.15) is 37.7 Å². The average Bonchev–Trinajstić information content (AvgIpc) is 2.32. The van der Waals surface area contributed by atoms with Crippen LogP contribution < -0.4 is 5.32 Å². The molecule has 2 heteroatoms. The van der Waals surface area contributed by atoms with Gasteiger partial charge in [0, 0.05) is 18.8 Å². The summed E-state index contributed by atoms with van der Waals surface area (Å²) in [6.07, 6.45) is 7.04. The summed E-state index contributed by atoms with van der Waals surface area (Å²) in [5.41, 5.74) is 2.58. The van der Waals surface area contributed by atoms with Crippen LogP contribution in [0.5, 0.6) is 0 Å². The maximum Gasteiger partial charge on any atom is 0.0343 e. The molecule has 0 atom stereocenters. The molecule has 0 aromatic heterocycles. The molecule has 18 heavy (non-hydrogen) atoms. The number of rotatable bonds is 4. The van der Waals surface area contributed by atoms with Crippen LogP contribution in [0, 0.1) is 6.92 Å². The van der Waals surface area contributed by atoms with Crippen LogP contribution in [-0.4, -0.2) is 31.1 Å². The Morgan fingerprint density at radius 3 is 2.50 bits per heavy atom. The molecule has 1 aliphatic rings. The van der Waals surface area contributed by atoms with Gasteiger partial charge in [-0.15, -0.1) is 0 Å². The highest BCUT2D eigenvalue weighted by Crippen LogP contribution is 2.11. The lowest BCUT2D eigenvalue weighted by molar-refractivity contribution is 0.256. The first-order chi connectivity index (χ1) is 8.84. The van der Waals surface area contributed by atoms with Gasteiger partial charge in [0.2, 0.25) is 0 Å². The van der Waals surface area contributed by atoms with E-state index in [1.807, 2.05) is 0 Å². The van der Waals surface area contributed by atoms with Crippen molar-refractivity contribution in [1.29, 1.82) is 0 Å². The van der Waals surface area contributed by atoms with Crippen molar-refractivity contribution < 1.29 is 0 Å². The number of hydrogen-bond donors (Lipinski definition) is 1. The number of likely N-dealkylation sites (tertiary alicyclic amines) is 1. The molecule has 1 aromatic carbocycles. The lowest BCUT2D eigenvalue weighted by Crippen LogP contribution is -2.31. The molecule has 1 aromatic rings. The Hall–Kier alpha value is -1.02. The van der Waals surface area contributed by atoms with Crippen molar-refractivity contribution in [2.24, 2.45) is 0 Å². The fourth-order valence-corrected chi connectivity index (χ4v) is 2.65. The van der Waals surface area contributed by atoms with Crippen molar-refractivity contribution in [1.82, 2.24) is 4.90 Å². The summed E-state index contributed by atoms with van der Waals surface area (Å²) in [7, 11) is 0. The number of anilines is 1. The van der Waals surface area contributed by atoms with Crippen molar-refractivity contribution in [2.75, 3.05) is 31.5 Å². The molecule has 0 bridgehead atoms. The fourth-order valence-electron chi connectivity index (χ4n) is 2.65. The largest absolute Gasteiger partial charge is 0.384 e. The summed E-state index contributed by atoms with van der Waals surface area (Å²) in [4.78, 5) is 2.61. The second kappa shape index (κ2) is 7.42. The van der Waals surface area contributed by atoms with E-state index >= 15 is 0 Å². The molecule has 1 N–H and O–H groups in total. The van der Waals surface area contributed by atoms with Crippen LogP contribution in [0.15, 0.2) is 24.3 Å². The highest BCUT2D eigenvalue weighted by atomic mass is 15.1. The molecule has 1 aliphatic heterocycles. The molecule has 1 fully saturated rings. The van der Waals surface area contributed by atoms with Crippen molar-refractivity contribution in [3.63, 3.8) is 0 Å². The summed E-state index contributed by atoms with van der Waals surface area (Å²) in [6.45, 7) is 6.95. The van der Waals surface area contributed by atoms with Gasteiger partial charge < -0.3 is 10.2 Å². The molecule has 0 saturated carbocycles.